The largest absolute Gasteiger partial charge is 0.493 e. The van der Waals surface area contributed by atoms with Gasteiger partial charge in [0.05, 0.1) is 23.5 Å². The number of carbonyl (C=O) groups is 2. The van der Waals surface area contributed by atoms with Gasteiger partial charge in [-0.05, 0) is 70.4 Å². The molecule has 0 spiro atoms. The quantitative estimate of drug-likeness (QED) is 0.187. The van der Waals surface area contributed by atoms with Crippen LogP contribution in [-0.2, 0) is 16.2 Å². The fraction of sp³-hybridized carbons (Fsp3) is 0.160. The van der Waals surface area contributed by atoms with Crippen molar-refractivity contribution in [3.05, 3.63) is 86.6 Å². The number of para-hydroxylation sites is 1. The molecule has 35 heavy (non-hydrogen) atoms. The average Bonchev–Trinajstić information content (AvgIpc) is 2.84. The lowest BCUT2D eigenvalue weighted by Gasteiger charge is -2.14. The van der Waals surface area contributed by atoms with Crippen molar-refractivity contribution < 1.29 is 23.5 Å². The second-order valence-electron chi connectivity index (χ2n) is 7.37. The summed E-state index contributed by atoms with van der Waals surface area (Å²) in [7, 11) is 1.52. The van der Waals surface area contributed by atoms with Crippen molar-refractivity contribution in [1.82, 2.24) is 5.43 Å². The molecule has 3 rings (SSSR count). The van der Waals surface area contributed by atoms with Gasteiger partial charge in [0, 0.05) is 4.47 Å². The van der Waals surface area contributed by atoms with Gasteiger partial charge in [0.25, 0.3) is 5.91 Å². The maximum atomic E-state index is 13.7. The SMILES string of the molecule is COc1cc(C=NNC(=O)C(C)C(=O)Nc2ccccc2F)cc(Br)c1OCc1ccc(Br)cc1. The summed E-state index contributed by atoms with van der Waals surface area (Å²) in [5.74, 6) is -1.98. The third kappa shape index (κ3) is 7.37. The Bertz CT molecular complexity index is 1240. The van der Waals surface area contributed by atoms with Gasteiger partial charge in [-0.2, -0.15) is 5.10 Å². The van der Waals surface area contributed by atoms with Crippen LogP contribution in [0.2, 0.25) is 0 Å². The van der Waals surface area contributed by atoms with Crippen molar-refractivity contribution in [3.63, 3.8) is 0 Å². The summed E-state index contributed by atoms with van der Waals surface area (Å²) in [5, 5.41) is 6.31. The number of rotatable bonds is 9. The fourth-order valence-electron chi connectivity index (χ4n) is 2.88. The topological polar surface area (TPSA) is 89.0 Å². The van der Waals surface area contributed by atoms with E-state index in [0.29, 0.717) is 28.1 Å². The van der Waals surface area contributed by atoms with Gasteiger partial charge in [-0.15, -0.1) is 0 Å². The van der Waals surface area contributed by atoms with Crippen LogP contribution in [0.4, 0.5) is 10.1 Å². The summed E-state index contributed by atoms with van der Waals surface area (Å²) in [6.07, 6.45) is 1.41. The summed E-state index contributed by atoms with van der Waals surface area (Å²) in [6.45, 7) is 1.75. The minimum atomic E-state index is -1.09. The Morgan fingerprint density at radius 2 is 1.80 bits per heavy atom. The molecule has 2 N–H and O–H groups in total. The Balaban J connectivity index is 1.61. The second kappa shape index (κ2) is 12.5. The number of hydrogen-bond donors (Lipinski definition) is 2. The highest BCUT2D eigenvalue weighted by Crippen LogP contribution is 2.37. The summed E-state index contributed by atoms with van der Waals surface area (Å²) in [6, 6.07) is 16.9. The lowest BCUT2D eigenvalue weighted by Crippen LogP contribution is -2.34. The zero-order valence-electron chi connectivity index (χ0n) is 18.8. The number of hydrogen-bond acceptors (Lipinski definition) is 5. The van der Waals surface area contributed by atoms with Gasteiger partial charge >= 0.3 is 0 Å². The smallest absolute Gasteiger partial charge is 0.252 e. The molecule has 7 nitrogen and oxygen atoms in total. The highest BCUT2D eigenvalue weighted by molar-refractivity contribution is 9.10. The Morgan fingerprint density at radius 1 is 1.09 bits per heavy atom. The number of amides is 2. The summed E-state index contributed by atoms with van der Waals surface area (Å²) in [5.41, 5.74) is 3.93. The second-order valence-corrected chi connectivity index (χ2v) is 9.14. The molecule has 182 valence electrons. The van der Waals surface area contributed by atoms with Crippen molar-refractivity contribution in [3.8, 4) is 11.5 Å². The molecular weight excluding hydrogens is 585 g/mol. The molecular formula is C25H22Br2FN3O4. The molecule has 3 aromatic carbocycles. The van der Waals surface area contributed by atoms with Crippen molar-refractivity contribution >= 4 is 55.6 Å². The van der Waals surface area contributed by atoms with E-state index < -0.39 is 23.5 Å². The maximum absolute atomic E-state index is 13.7. The first-order valence-corrected chi connectivity index (χ1v) is 12.0. The third-order valence-electron chi connectivity index (χ3n) is 4.85. The number of carbonyl (C=O) groups excluding carboxylic acids is 2. The van der Waals surface area contributed by atoms with Gasteiger partial charge in [-0.25, -0.2) is 9.82 Å². The Kier molecular flexibility index (Phi) is 9.39. The van der Waals surface area contributed by atoms with Gasteiger partial charge in [-0.3, -0.25) is 9.59 Å². The van der Waals surface area contributed by atoms with E-state index in [4.69, 9.17) is 9.47 Å². The zero-order chi connectivity index (χ0) is 25.4. The van der Waals surface area contributed by atoms with E-state index in [-0.39, 0.29) is 5.69 Å². The van der Waals surface area contributed by atoms with Crippen LogP contribution in [0.5, 0.6) is 11.5 Å². The van der Waals surface area contributed by atoms with E-state index in [0.717, 1.165) is 10.0 Å². The standard InChI is InChI=1S/C25H22Br2FN3O4/c1-15(24(32)30-21-6-4-3-5-20(21)28)25(33)31-29-13-17-11-19(27)23(22(12-17)34-2)35-14-16-7-9-18(26)10-8-16/h3-13,15H,14H2,1-2H3,(H,30,32)(H,31,33). The van der Waals surface area contributed by atoms with Crippen LogP contribution in [0.15, 0.2) is 74.7 Å². The molecule has 0 saturated heterocycles. The van der Waals surface area contributed by atoms with Gasteiger partial charge < -0.3 is 14.8 Å². The Labute approximate surface area is 219 Å². The monoisotopic (exact) mass is 605 g/mol. The molecule has 0 saturated carbocycles. The molecule has 1 unspecified atom stereocenters. The normalized spacial score (nSPS) is 11.7. The molecule has 0 aliphatic heterocycles. The molecule has 10 heteroatoms. The number of benzene rings is 3. The number of nitrogens with zero attached hydrogens (tertiary/aromatic N) is 1. The average molecular weight is 607 g/mol. The zero-order valence-corrected chi connectivity index (χ0v) is 22.0. The molecule has 0 heterocycles. The van der Waals surface area contributed by atoms with E-state index in [2.05, 4.69) is 47.7 Å². The van der Waals surface area contributed by atoms with Crippen LogP contribution in [-0.4, -0.2) is 25.1 Å². The van der Waals surface area contributed by atoms with Gasteiger partial charge in [0.2, 0.25) is 5.91 Å². The van der Waals surface area contributed by atoms with Crippen LogP contribution in [0.1, 0.15) is 18.1 Å². The minimum Gasteiger partial charge on any atom is -0.493 e. The summed E-state index contributed by atoms with van der Waals surface area (Å²) < 4.78 is 26.7. The van der Waals surface area contributed by atoms with E-state index >= 15 is 0 Å². The Morgan fingerprint density at radius 3 is 2.49 bits per heavy atom. The number of methoxy groups -OCH3 is 1. The summed E-state index contributed by atoms with van der Waals surface area (Å²) >= 11 is 6.88. The molecule has 1 atom stereocenters. The first kappa shape index (κ1) is 26.4. The lowest BCUT2D eigenvalue weighted by molar-refractivity contribution is -0.131. The van der Waals surface area contributed by atoms with Crippen LogP contribution < -0.4 is 20.2 Å². The van der Waals surface area contributed by atoms with E-state index in [1.54, 1.807) is 18.2 Å². The van der Waals surface area contributed by atoms with Gasteiger partial charge in [-0.1, -0.05) is 40.2 Å². The number of halogens is 3. The van der Waals surface area contributed by atoms with Crippen molar-refractivity contribution in [2.45, 2.75) is 13.5 Å². The molecule has 0 fully saturated rings. The van der Waals surface area contributed by atoms with E-state index in [1.807, 2.05) is 24.3 Å². The molecule has 0 aliphatic carbocycles. The molecule has 0 aliphatic rings. The van der Waals surface area contributed by atoms with Gasteiger partial charge in [0.15, 0.2) is 11.5 Å². The first-order valence-electron chi connectivity index (χ1n) is 10.4. The predicted octanol–water partition coefficient (Wildman–Crippen LogP) is 5.66. The molecule has 3 aromatic rings. The molecule has 0 aromatic heterocycles. The molecule has 0 bridgehead atoms. The predicted molar refractivity (Wildman–Crippen MR) is 139 cm³/mol. The number of hydrazone groups is 1. The maximum Gasteiger partial charge on any atom is 0.252 e. The van der Waals surface area contributed by atoms with E-state index in [9.17, 15) is 14.0 Å². The highest BCUT2D eigenvalue weighted by Gasteiger charge is 2.22. The van der Waals surface area contributed by atoms with Crippen LogP contribution in [0.3, 0.4) is 0 Å². The summed E-state index contributed by atoms with van der Waals surface area (Å²) in [4.78, 5) is 24.6. The third-order valence-corrected chi connectivity index (χ3v) is 5.97. The molecule has 0 radical (unpaired) electrons. The molecule has 2 amide bonds. The number of ether oxygens (including phenoxy) is 2. The number of nitrogens with one attached hydrogen (secondary N) is 2. The Hall–Kier alpha value is -3.24. The van der Waals surface area contributed by atoms with Crippen LogP contribution in [0.25, 0.3) is 0 Å². The highest BCUT2D eigenvalue weighted by atomic mass is 79.9. The van der Waals surface area contributed by atoms with Gasteiger partial charge in [0.1, 0.15) is 18.3 Å². The van der Waals surface area contributed by atoms with Crippen molar-refractivity contribution in [2.75, 3.05) is 12.4 Å². The first-order chi connectivity index (χ1) is 16.8. The van der Waals surface area contributed by atoms with Crippen LogP contribution in [0, 0.1) is 11.7 Å². The lowest BCUT2D eigenvalue weighted by atomic mass is 10.1. The van der Waals surface area contributed by atoms with E-state index in [1.165, 1.54) is 38.4 Å². The fourth-order valence-corrected chi connectivity index (χ4v) is 3.72. The van der Waals surface area contributed by atoms with Crippen LogP contribution >= 0.6 is 31.9 Å². The number of anilines is 1. The minimum absolute atomic E-state index is 0.0000367. The van der Waals surface area contributed by atoms with Crippen molar-refractivity contribution in [1.29, 1.82) is 0 Å². The van der Waals surface area contributed by atoms with Crippen molar-refractivity contribution in [2.24, 2.45) is 11.0 Å².